The average Bonchev–Trinajstić information content (AvgIpc) is 3.12. The standard InChI is InChI=1S/C14H19N3O2S/c1-3-4-10(18-2)13-16-14(19-17-13)12-9-6-8-20-11(9)5-7-15-12/h6,8,10,12,15H,3-5,7H2,1-2H3. The Bertz CT molecular complexity index is 566. The Balaban J connectivity index is 1.84. The molecule has 1 aliphatic heterocycles. The van der Waals surface area contributed by atoms with Crippen molar-refractivity contribution in [3.8, 4) is 0 Å². The van der Waals surface area contributed by atoms with Crippen molar-refractivity contribution in [3.63, 3.8) is 0 Å². The predicted molar refractivity (Wildman–Crippen MR) is 76.8 cm³/mol. The zero-order valence-electron chi connectivity index (χ0n) is 11.8. The zero-order chi connectivity index (χ0) is 13.9. The second kappa shape index (κ2) is 6.03. The van der Waals surface area contributed by atoms with Gasteiger partial charge in [0.2, 0.25) is 11.7 Å². The third-order valence-corrected chi connectivity index (χ3v) is 4.62. The number of hydrogen-bond acceptors (Lipinski definition) is 6. The summed E-state index contributed by atoms with van der Waals surface area (Å²) in [4.78, 5) is 5.95. The number of rotatable bonds is 5. The van der Waals surface area contributed by atoms with Gasteiger partial charge in [0.1, 0.15) is 12.1 Å². The van der Waals surface area contributed by atoms with E-state index >= 15 is 0 Å². The van der Waals surface area contributed by atoms with Crippen LogP contribution >= 0.6 is 11.3 Å². The van der Waals surface area contributed by atoms with E-state index in [1.807, 2.05) is 0 Å². The lowest BCUT2D eigenvalue weighted by molar-refractivity contribution is 0.0854. The van der Waals surface area contributed by atoms with Gasteiger partial charge in [-0.15, -0.1) is 11.3 Å². The first-order valence-corrected chi connectivity index (χ1v) is 7.87. The van der Waals surface area contributed by atoms with Crippen molar-refractivity contribution in [1.82, 2.24) is 15.5 Å². The first kappa shape index (κ1) is 13.7. The molecular weight excluding hydrogens is 274 g/mol. The van der Waals surface area contributed by atoms with Gasteiger partial charge in [-0.25, -0.2) is 0 Å². The molecule has 0 bridgehead atoms. The molecular formula is C14H19N3O2S. The topological polar surface area (TPSA) is 60.2 Å². The van der Waals surface area contributed by atoms with Crippen molar-refractivity contribution in [2.75, 3.05) is 13.7 Å². The molecule has 1 N–H and O–H groups in total. The largest absolute Gasteiger partial charge is 0.373 e. The van der Waals surface area contributed by atoms with Gasteiger partial charge < -0.3 is 14.6 Å². The first-order valence-electron chi connectivity index (χ1n) is 6.99. The summed E-state index contributed by atoms with van der Waals surface area (Å²) in [6, 6.07) is 2.16. The molecule has 0 aromatic carbocycles. The number of ether oxygens (including phenoxy) is 1. The monoisotopic (exact) mass is 293 g/mol. The quantitative estimate of drug-likeness (QED) is 0.918. The maximum absolute atomic E-state index is 5.46. The highest BCUT2D eigenvalue weighted by atomic mass is 32.1. The third kappa shape index (κ3) is 2.51. The van der Waals surface area contributed by atoms with Crippen molar-refractivity contribution in [1.29, 1.82) is 0 Å². The van der Waals surface area contributed by atoms with Crippen molar-refractivity contribution in [2.24, 2.45) is 0 Å². The molecule has 0 aliphatic carbocycles. The lowest BCUT2D eigenvalue weighted by Crippen LogP contribution is -2.29. The Morgan fingerprint density at radius 2 is 2.50 bits per heavy atom. The van der Waals surface area contributed by atoms with E-state index in [4.69, 9.17) is 9.26 Å². The fourth-order valence-corrected chi connectivity index (χ4v) is 3.50. The third-order valence-electron chi connectivity index (χ3n) is 3.62. The van der Waals surface area contributed by atoms with E-state index in [0.717, 1.165) is 25.8 Å². The summed E-state index contributed by atoms with van der Waals surface area (Å²) in [7, 11) is 1.69. The number of methoxy groups -OCH3 is 1. The van der Waals surface area contributed by atoms with Crippen molar-refractivity contribution in [2.45, 2.75) is 38.3 Å². The van der Waals surface area contributed by atoms with Crippen molar-refractivity contribution < 1.29 is 9.26 Å². The molecule has 108 valence electrons. The Hall–Kier alpha value is -1.24. The Morgan fingerprint density at radius 1 is 1.60 bits per heavy atom. The summed E-state index contributed by atoms with van der Waals surface area (Å²) in [5.74, 6) is 1.28. The Morgan fingerprint density at radius 3 is 3.30 bits per heavy atom. The molecule has 0 amide bonds. The molecule has 0 radical (unpaired) electrons. The minimum absolute atomic E-state index is 0.0189. The van der Waals surface area contributed by atoms with Gasteiger partial charge in [-0.3, -0.25) is 0 Å². The molecule has 1 aliphatic rings. The van der Waals surface area contributed by atoms with Crippen LogP contribution in [0.2, 0.25) is 0 Å². The van der Waals surface area contributed by atoms with Crippen molar-refractivity contribution in [3.05, 3.63) is 33.6 Å². The lowest BCUT2D eigenvalue weighted by Gasteiger charge is -2.20. The molecule has 2 atom stereocenters. The highest BCUT2D eigenvalue weighted by molar-refractivity contribution is 7.10. The molecule has 2 unspecified atom stereocenters. The van der Waals surface area contributed by atoms with Crippen LogP contribution in [0.25, 0.3) is 0 Å². The summed E-state index contributed by atoms with van der Waals surface area (Å²) >= 11 is 1.79. The van der Waals surface area contributed by atoms with E-state index in [2.05, 4.69) is 33.8 Å². The lowest BCUT2D eigenvalue weighted by atomic mass is 10.0. The van der Waals surface area contributed by atoms with Crippen LogP contribution in [0.3, 0.4) is 0 Å². The van der Waals surface area contributed by atoms with Crippen LogP contribution in [0.15, 0.2) is 16.0 Å². The fraction of sp³-hybridized carbons (Fsp3) is 0.571. The molecule has 3 heterocycles. The molecule has 0 saturated carbocycles. The first-order chi connectivity index (χ1) is 9.83. The van der Waals surface area contributed by atoms with E-state index in [1.165, 1.54) is 10.4 Å². The van der Waals surface area contributed by atoms with Crippen LogP contribution in [0.4, 0.5) is 0 Å². The number of nitrogens with zero attached hydrogens (tertiary/aromatic N) is 2. The van der Waals surface area contributed by atoms with Gasteiger partial charge in [-0.2, -0.15) is 4.98 Å². The second-order valence-electron chi connectivity index (χ2n) is 4.94. The number of nitrogens with one attached hydrogen (secondary N) is 1. The normalized spacial score (nSPS) is 19.8. The van der Waals surface area contributed by atoms with Crippen LogP contribution in [0.5, 0.6) is 0 Å². The minimum atomic E-state index is -0.0805. The number of aromatic nitrogens is 2. The van der Waals surface area contributed by atoms with E-state index < -0.39 is 0 Å². The van der Waals surface area contributed by atoms with Crippen LogP contribution < -0.4 is 5.32 Å². The maximum atomic E-state index is 5.46. The fourth-order valence-electron chi connectivity index (χ4n) is 2.58. The number of fused-ring (bicyclic) bond motifs is 1. The summed E-state index contributed by atoms with van der Waals surface area (Å²) in [5.41, 5.74) is 1.26. The van der Waals surface area contributed by atoms with Gasteiger partial charge in [0.05, 0.1) is 0 Å². The van der Waals surface area contributed by atoms with Gasteiger partial charge in [0, 0.05) is 18.5 Å². The number of hydrogen-bond donors (Lipinski definition) is 1. The molecule has 0 spiro atoms. The van der Waals surface area contributed by atoms with Gasteiger partial charge in [-0.1, -0.05) is 18.5 Å². The van der Waals surface area contributed by atoms with Crippen LogP contribution in [0.1, 0.15) is 54.1 Å². The van der Waals surface area contributed by atoms with E-state index in [-0.39, 0.29) is 12.1 Å². The SMILES string of the molecule is CCCC(OC)c1noc(C2NCCc3sccc32)n1. The van der Waals surface area contributed by atoms with Crippen LogP contribution in [0, 0.1) is 0 Å². The van der Waals surface area contributed by atoms with E-state index in [9.17, 15) is 0 Å². The summed E-state index contributed by atoms with van der Waals surface area (Å²) in [6.07, 6.45) is 2.92. The Kier molecular flexibility index (Phi) is 4.14. The van der Waals surface area contributed by atoms with Gasteiger partial charge in [0.25, 0.3) is 0 Å². The average molecular weight is 293 g/mol. The van der Waals surface area contributed by atoms with Crippen LogP contribution in [-0.2, 0) is 11.2 Å². The Labute approximate surface area is 122 Å². The summed E-state index contributed by atoms with van der Waals surface area (Å²) in [5, 5.41) is 9.66. The molecule has 2 aromatic heterocycles. The molecule has 2 aromatic rings. The highest BCUT2D eigenvalue weighted by Gasteiger charge is 2.28. The molecule has 3 rings (SSSR count). The summed E-state index contributed by atoms with van der Waals surface area (Å²) < 4.78 is 10.9. The highest BCUT2D eigenvalue weighted by Crippen LogP contribution is 2.32. The van der Waals surface area contributed by atoms with Crippen molar-refractivity contribution >= 4 is 11.3 Å². The molecule has 0 saturated heterocycles. The van der Waals surface area contributed by atoms with Crippen LogP contribution in [-0.4, -0.2) is 23.8 Å². The van der Waals surface area contributed by atoms with E-state index in [1.54, 1.807) is 18.4 Å². The predicted octanol–water partition coefficient (Wildman–Crippen LogP) is 2.85. The second-order valence-corrected chi connectivity index (χ2v) is 5.94. The molecule has 20 heavy (non-hydrogen) atoms. The smallest absolute Gasteiger partial charge is 0.248 e. The van der Waals surface area contributed by atoms with Gasteiger partial charge in [0.15, 0.2) is 0 Å². The van der Waals surface area contributed by atoms with E-state index in [0.29, 0.717) is 11.7 Å². The number of thiophene rings is 1. The zero-order valence-corrected chi connectivity index (χ0v) is 12.6. The van der Waals surface area contributed by atoms with Gasteiger partial charge >= 0.3 is 0 Å². The molecule has 5 nitrogen and oxygen atoms in total. The summed E-state index contributed by atoms with van der Waals surface area (Å²) in [6.45, 7) is 3.06. The minimum Gasteiger partial charge on any atom is -0.373 e. The molecule has 6 heteroatoms. The van der Waals surface area contributed by atoms with Gasteiger partial charge in [-0.05, 0) is 29.9 Å². The maximum Gasteiger partial charge on any atom is 0.248 e. The molecule has 0 fully saturated rings.